The molecule has 3 heteroatoms. The molecule has 88 valence electrons. The maximum absolute atomic E-state index is 10.9. The third kappa shape index (κ3) is 5.17. The molecule has 0 aromatic rings. The van der Waals surface area contributed by atoms with Crippen LogP contribution in [0.15, 0.2) is 0 Å². The van der Waals surface area contributed by atoms with E-state index in [0.29, 0.717) is 6.42 Å². The van der Waals surface area contributed by atoms with Crippen molar-refractivity contribution in [3.05, 3.63) is 0 Å². The topological polar surface area (TPSA) is 29.5 Å². The van der Waals surface area contributed by atoms with Crippen molar-refractivity contribution in [3.63, 3.8) is 0 Å². The van der Waals surface area contributed by atoms with E-state index in [-0.39, 0.29) is 5.97 Å². The van der Waals surface area contributed by atoms with Gasteiger partial charge in [0, 0.05) is 13.0 Å². The summed E-state index contributed by atoms with van der Waals surface area (Å²) in [5, 5.41) is 0. The smallest absolute Gasteiger partial charge is 0.305 e. The van der Waals surface area contributed by atoms with Gasteiger partial charge in [0.05, 0.1) is 7.11 Å². The van der Waals surface area contributed by atoms with E-state index in [2.05, 4.69) is 16.7 Å². The van der Waals surface area contributed by atoms with Gasteiger partial charge >= 0.3 is 5.97 Å². The fourth-order valence-electron chi connectivity index (χ4n) is 2.32. The summed E-state index contributed by atoms with van der Waals surface area (Å²) in [6.07, 6.45) is 7.05. The van der Waals surface area contributed by atoms with Gasteiger partial charge in [-0.1, -0.05) is 12.8 Å². The number of nitrogens with zero attached hydrogens (tertiary/aromatic N) is 1. The van der Waals surface area contributed by atoms with E-state index in [1.807, 2.05) is 0 Å². The third-order valence-electron chi connectivity index (χ3n) is 3.19. The van der Waals surface area contributed by atoms with E-state index < -0.39 is 0 Å². The number of hydrogen-bond donors (Lipinski definition) is 0. The van der Waals surface area contributed by atoms with Crippen LogP contribution in [0.3, 0.4) is 0 Å². The summed E-state index contributed by atoms with van der Waals surface area (Å²) in [6.45, 7) is 2.20. The molecule has 0 N–H and O–H groups in total. The van der Waals surface area contributed by atoms with Crippen molar-refractivity contribution in [3.8, 4) is 0 Å². The van der Waals surface area contributed by atoms with E-state index in [4.69, 9.17) is 0 Å². The lowest BCUT2D eigenvalue weighted by Crippen LogP contribution is -2.26. The summed E-state index contributed by atoms with van der Waals surface area (Å²) in [5.74, 6) is 0.803. The molecule has 3 nitrogen and oxygen atoms in total. The molecular formula is C12H23NO2. The minimum atomic E-state index is -0.0933. The van der Waals surface area contributed by atoms with Gasteiger partial charge in [-0.2, -0.15) is 0 Å². The third-order valence-corrected chi connectivity index (χ3v) is 3.19. The maximum Gasteiger partial charge on any atom is 0.305 e. The van der Waals surface area contributed by atoms with E-state index in [1.54, 1.807) is 0 Å². The van der Waals surface area contributed by atoms with E-state index >= 15 is 0 Å². The van der Waals surface area contributed by atoms with E-state index in [1.165, 1.54) is 39.3 Å². The van der Waals surface area contributed by atoms with Crippen LogP contribution >= 0.6 is 0 Å². The van der Waals surface area contributed by atoms with Crippen LogP contribution in [0.1, 0.15) is 38.5 Å². The minimum absolute atomic E-state index is 0.0933. The number of hydrogen-bond acceptors (Lipinski definition) is 3. The van der Waals surface area contributed by atoms with Crippen molar-refractivity contribution < 1.29 is 9.53 Å². The highest BCUT2D eigenvalue weighted by atomic mass is 16.5. The largest absolute Gasteiger partial charge is 0.469 e. The van der Waals surface area contributed by atoms with Crippen molar-refractivity contribution in [2.24, 2.45) is 5.92 Å². The molecule has 0 heterocycles. The van der Waals surface area contributed by atoms with Gasteiger partial charge in [0.2, 0.25) is 0 Å². The first-order valence-corrected chi connectivity index (χ1v) is 5.97. The Morgan fingerprint density at radius 3 is 2.67 bits per heavy atom. The molecule has 0 amide bonds. The first-order valence-electron chi connectivity index (χ1n) is 5.97. The number of rotatable bonds is 6. The van der Waals surface area contributed by atoms with Crippen LogP contribution in [0.4, 0.5) is 0 Å². The van der Waals surface area contributed by atoms with Gasteiger partial charge in [0.25, 0.3) is 0 Å². The Bertz CT molecular complexity index is 188. The minimum Gasteiger partial charge on any atom is -0.469 e. The second-order valence-electron chi connectivity index (χ2n) is 4.59. The zero-order chi connectivity index (χ0) is 11.1. The standard InChI is InChI=1S/C12H23NO2/c1-13(9-5-8-12(14)15-2)10-11-6-3-4-7-11/h11H,3-10H2,1-2H3. The van der Waals surface area contributed by atoms with Crippen LogP contribution in [0, 0.1) is 5.92 Å². The Balaban J connectivity index is 2.02. The normalized spacial score (nSPS) is 17.3. The average molecular weight is 213 g/mol. The molecule has 0 bridgehead atoms. The van der Waals surface area contributed by atoms with Gasteiger partial charge in [-0.25, -0.2) is 0 Å². The summed E-state index contributed by atoms with van der Waals surface area (Å²) in [5.41, 5.74) is 0. The monoisotopic (exact) mass is 213 g/mol. The van der Waals surface area contributed by atoms with Crippen molar-refractivity contribution in [1.82, 2.24) is 4.90 Å². The van der Waals surface area contributed by atoms with Gasteiger partial charge in [-0.15, -0.1) is 0 Å². The average Bonchev–Trinajstić information content (AvgIpc) is 2.70. The number of ether oxygens (including phenoxy) is 1. The second kappa shape index (κ2) is 6.83. The molecule has 0 aliphatic heterocycles. The fraction of sp³-hybridized carbons (Fsp3) is 0.917. The molecule has 0 unspecified atom stereocenters. The number of carbonyl (C=O) groups is 1. The first-order chi connectivity index (χ1) is 7.22. The van der Waals surface area contributed by atoms with Gasteiger partial charge < -0.3 is 9.64 Å². The molecule has 1 fully saturated rings. The SMILES string of the molecule is COC(=O)CCCN(C)CC1CCCC1. The van der Waals surface area contributed by atoms with Gasteiger partial charge in [0.1, 0.15) is 0 Å². The van der Waals surface area contributed by atoms with Gasteiger partial charge in [-0.05, 0) is 38.8 Å². The Hall–Kier alpha value is -0.570. The van der Waals surface area contributed by atoms with Crippen molar-refractivity contribution in [2.45, 2.75) is 38.5 Å². The highest BCUT2D eigenvalue weighted by Crippen LogP contribution is 2.25. The number of methoxy groups -OCH3 is 1. The van der Waals surface area contributed by atoms with Gasteiger partial charge in [0.15, 0.2) is 0 Å². The van der Waals surface area contributed by atoms with E-state index in [9.17, 15) is 4.79 Å². The predicted molar refractivity (Wildman–Crippen MR) is 60.7 cm³/mol. The molecule has 0 aromatic heterocycles. The molecule has 1 aliphatic carbocycles. The molecule has 0 aromatic carbocycles. The number of carbonyl (C=O) groups excluding carboxylic acids is 1. The van der Waals surface area contributed by atoms with Crippen molar-refractivity contribution in [2.75, 3.05) is 27.2 Å². The van der Waals surface area contributed by atoms with Crippen molar-refractivity contribution in [1.29, 1.82) is 0 Å². The summed E-state index contributed by atoms with van der Waals surface area (Å²) in [6, 6.07) is 0. The highest BCUT2D eigenvalue weighted by Gasteiger charge is 2.16. The van der Waals surface area contributed by atoms with E-state index in [0.717, 1.165) is 18.9 Å². The summed E-state index contributed by atoms with van der Waals surface area (Å²) >= 11 is 0. The zero-order valence-corrected chi connectivity index (χ0v) is 10.00. The number of esters is 1. The molecular weight excluding hydrogens is 190 g/mol. The molecule has 15 heavy (non-hydrogen) atoms. The van der Waals surface area contributed by atoms with Crippen LogP contribution < -0.4 is 0 Å². The summed E-state index contributed by atoms with van der Waals surface area (Å²) in [7, 11) is 3.60. The molecule has 0 saturated heterocycles. The van der Waals surface area contributed by atoms with Crippen LogP contribution in [0.25, 0.3) is 0 Å². The summed E-state index contributed by atoms with van der Waals surface area (Å²) < 4.78 is 4.61. The second-order valence-corrected chi connectivity index (χ2v) is 4.59. The lowest BCUT2D eigenvalue weighted by atomic mass is 10.1. The van der Waals surface area contributed by atoms with Crippen LogP contribution in [-0.4, -0.2) is 38.1 Å². The molecule has 1 saturated carbocycles. The molecule has 0 spiro atoms. The Morgan fingerprint density at radius 1 is 1.40 bits per heavy atom. The summed E-state index contributed by atoms with van der Waals surface area (Å²) in [4.78, 5) is 13.2. The quantitative estimate of drug-likeness (QED) is 0.633. The van der Waals surface area contributed by atoms with Crippen molar-refractivity contribution >= 4 is 5.97 Å². The van der Waals surface area contributed by atoms with Gasteiger partial charge in [-0.3, -0.25) is 4.79 Å². The molecule has 1 aliphatic rings. The predicted octanol–water partition coefficient (Wildman–Crippen LogP) is 2.06. The van der Waals surface area contributed by atoms with Crippen LogP contribution in [0.2, 0.25) is 0 Å². The maximum atomic E-state index is 10.9. The Morgan fingerprint density at radius 2 is 2.07 bits per heavy atom. The molecule has 0 atom stereocenters. The zero-order valence-electron chi connectivity index (χ0n) is 10.00. The lowest BCUT2D eigenvalue weighted by Gasteiger charge is -2.20. The lowest BCUT2D eigenvalue weighted by molar-refractivity contribution is -0.140. The molecule has 1 rings (SSSR count). The first kappa shape index (κ1) is 12.5. The Labute approximate surface area is 92.8 Å². The highest BCUT2D eigenvalue weighted by molar-refractivity contribution is 5.69. The fourth-order valence-corrected chi connectivity index (χ4v) is 2.32. The Kier molecular flexibility index (Phi) is 5.69. The van der Waals surface area contributed by atoms with Crippen LogP contribution in [-0.2, 0) is 9.53 Å². The van der Waals surface area contributed by atoms with Crippen LogP contribution in [0.5, 0.6) is 0 Å². The molecule has 0 radical (unpaired) electrons.